The van der Waals surface area contributed by atoms with E-state index >= 15 is 0 Å². The Morgan fingerprint density at radius 2 is 1.58 bits per heavy atom. The van der Waals surface area contributed by atoms with Gasteiger partial charge in [-0.25, -0.2) is 8.42 Å². The lowest BCUT2D eigenvalue weighted by Crippen LogP contribution is -2.23. The van der Waals surface area contributed by atoms with Gasteiger partial charge >= 0.3 is 0 Å². The van der Waals surface area contributed by atoms with E-state index in [0.29, 0.717) is 5.69 Å². The average Bonchev–Trinajstić information content (AvgIpc) is 2.55. The Balaban J connectivity index is 1.81. The van der Waals surface area contributed by atoms with Gasteiger partial charge in [-0.2, -0.15) is 0 Å². The third kappa shape index (κ3) is 3.46. The number of benzene rings is 3. The average molecular weight is 339 g/mol. The highest BCUT2D eigenvalue weighted by Crippen LogP contribution is 2.23. The lowest BCUT2D eigenvalue weighted by atomic mass is 10.1. The maximum atomic E-state index is 12.3. The smallest absolute Gasteiger partial charge is 0.239 e. The molecule has 3 aromatic carbocycles. The number of fused-ring (bicyclic) bond motifs is 1. The van der Waals surface area contributed by atoms with Crippen molar-refractivity contribution < 1.29 is 13.2 Å². The van der Waals surface area contributed by atoms with E-state index in [9.17, 15) is 13.2 Å². The number of anilines is 1. The molecule has 0 heterocycles. The van der Waals surface area contributed by atoms with E-state index in [-0.39, 0.29) is 4.90 Å². The first kappa shape index (κ1) is 16.2. The minimum atomic E-state index is -3.66. The van der Waals surface area contributed by atoms with Gasteiger partial charge in [-0.3, -0.25) is 4.79 Å². The van der Waals surface area contributed by atoms with E-state index in [4.69, 9.17) is 0 Å². The second-order valence-electron chi connectivity index (χ2n) is 5.65. The molecule has 0 aliphatic heterocycles. The van der Waals surface area contributed by atoms with Crippen LogP contribution in [0.5, 0.6) is 0 Å². The van der Waals surface area contributed by atoms with Crippen LogP contribution in [0.4, 0.5) is 5.69 Å². The molecule has 0 atom stereocenters. The Hall–Kier alpha value is -2.66. The number of hydrogen-bond acceptors (Lipinski definition) is 3. The van der Waals surface area contributed by atoms with Crippen molar-refractivity contribution in [1.82, 2.24) is 0 Å². The van der Waals surface area contributed by atoms with Gasteiger partial charge in [0, 0.05) is 11.1 Å². The number of hydrogen-bond donors (Lipinski definition) is 1. The number of carbonyl (C=O) groups excluding carboxylic acids is 1. The highest BCUT2D eigenvalue weighted by Gasteiger charge is 2.19. The lowest BCUT2D eigenvalue weighted by Gasteiger charge is -2.09. The van der Waals surface area contributed by atoms with Gasteiger partial charge in [-0.05, 0) is 30.5 Å². The SMILES string of the molecule is Cc1ccc(S(=O)(=O)CC(=O)Nc2cccc3ccccc23)cc1. The van der Waals surface area contributed by atoms with Crippen LogP contribution in [0.2, 0.25) is 0 Å². The lowest BCUT2D eigenvalue weighted by molar-refractivity contribution is -0.113. The van der Waals surface area contributed by atoms with Gasteiger partial charge in [-0.15, -0.1) is 0 Å². The standard InChI is InChI=1S/C19H17NO3S/c1-14-9-11-16(12-10-14)24(22,23)13-19(21)20-18-8-4-6-15-5-2-3-7-17(15)18/h2-12H,13H2,1H3,(H,20,21). The number of nitrogens with one attached hydrogen (secondary N) is 1. The fourth-order valence-electron chi connectivity index (χ4n) is 2.52. The Bertz CT molecular complexity index is 987. The van der Waals surface area contributed by atoms with E-state index in [0.717, 1.165) is 16.3 Å². The zero-order valence-electron chi connectivity index (χ0n) is 13.2. The van der Waals surface area contributed by atoms with Crippen molar-refractivity contribution in [3.63, 3.8) is 0 Å². The molecule has 122 valence electrons. The number of rotatable bonds is 4. The van der Waals surface area contributed by atoms with Crippen molar-refractivity contribution >= 4 is 32.2 Å². The second-order valence-corrected chi connectivity index (χ2v) is 7.64. The third-order valence-electron chi connectivity index (χ3n) is 3.76. The molecule has 0 aliphatic carbocycles. The number of carbonyl (C=O) groups is 1. The highest BCUT2D eigenvalue weighted by atomic mass is 32.2. The number of amides is 1. The second kappa shape index (κ2) is 6.45. The van der Waals surface area contributed by atoms with Crippen LogP contribution in [0.25, 0.3) is 10.8 Å². The van der Waals surface area contributed by atoms with Crippen LogP contribution in [0, 0.1) is 6.92 Å². The Labute approximate surface area is 141 Å². The van der Waals surface area contributed by atoms with Gasteiger partial charge in [0.1, 0.15) is 5.75 Å². The largest absolute Gasteiger partial charge is 0.325 e. The Morgan fingerprint density at radius 1 is 0.917 bits per heavy atom. The van der Waals surface area contributed by atoms with Gasteiger partial charge in [0.2, 0.25) is 5.91 Å². The summed E-state index contributed by atoms with van der Waals surface area (Å²) in [5, 5.41) is 4.56. The van der Waals surface area contributed by atoms with Gasteiger partial charge in [0.25, 0.3) is 0 Å². The van der Waals surface area contributed by atoms with Gasteiger partial charge in [0.15, 0.2) is 9.84 Å². The van der Waals surface area contributed by atoms with Crippen molar-refractivity contribution in [3.8, 4) is 0 Å². The predicted octanol–water partition coefficient (Wildman–Crippen LogP) is 3.56. The van der Waals surface area contributed by atoms with Crippen molar-refractivity contribution in [2.45, 2.75) is 11.8 Å². The van der Waals surface area contributed by atoms with E-state index in [1.807, 2.05) is 43.3 Å². The minimum absolute atomic E-state index is 0.154. The summed E-state index contributed by atoms with van der Waals surface area (Å²) >= 11 is 0. The molecule has 24 heavy (non-hydrogen) atoms. The van der Waals surface area contributed by atoms with Crippen LogP contribution in [-0.4, -0.2) is 20.1 Å². The molecule has 1 N–H and O–H groups in total. The highest BCUT2D eigenvalue weighted by molar-refractivity contribution is 7.92. The van der Waals surface area contributed by atoms with Gasteiger partial charge in [0.05, 0.1) is 4.90 Å². The Kier molecular flexibility index (Phi) is 4.36. The van der Waals surface area contributed by atoms with E-state index < -0.39 is 21.5 Å². The molecule has 0 saturated carbocycles. The molecule has 0 fully saturated rings. The molecule has 0 spiro atoms. The molecule has 0 bridgehead atoms. The summed E-state index contributed by atoms with van der Waals surface area (Å²) in [5.74, 6) is -1.13. The van der Waals surface area contributed by atoms with Crippen molar-refractivity contribution in [2.24, 2.45) is 0 Å². The molecule has 0 aromatic heterocycles. The molecule has 3 aromatic rings. The van der Waals surface area contributed by atoms with E-state index in [2.05, 4.69) is 5.32 Å². The molecule has 0 radical (unpaired) electrons. The number of sulfone groups is 1. The molecular weight excluding hydrogens is 322 g/mol. The summed E-state index contributed by atoms with van der Waals surface area (Å²) < 4.78 is 24.7. The van der Waals surface area contributed by atoms with Crippen LogP contribution in [0.3, 0.4) is 0 Å². The third-order valence-corrected chi connectivity index (χ3v) is 5.40. The van der Waals surface area contributed by atoms with E-state index in [1.165, 1.54) is 12.1 Å². The van der Waals surface area contributed by atoms with Crippen molar-refractivity contribution in [1.29, 1.82) is 0 Å². The van der Waals surface area contributed by atoms with Crippen LogP contribution < -0.4 is 5.32 Å². The topological polar surface area (TPSA) is 63.2 Å². The van der Waals surface area contributed by atoms with Gasteiger partial charge in [-0.1, -0.05) is 54.1 Å². The van der Waals surface area contributed by atoms with E-state index in [1.54, 1.807) is 18.2 Å². The maximum absolute atomic E-state index is 12.3. The Morgan fingerprint density at radius 3 is 2.33 bits per heavy atom. The first-order valence-electron chi connectivity index (χ1n) is 7.53. The zero-order valence-corrected chi connectivity index (χ0v) is 14.0. The molecule has 4 nitrogen and oxygen atoms in total. The molecule has 0 unspecified atom stereocenters. The molecule has 5 heteroatoms. The number of aryl methyl sites for hydroxylation is 1. The summed E-state index contributed by atoms with van der Waals surface area (Å²) in [7, 11) is -3.66. The molecule has 0 aliphatic rings. The normalized spacial score (nSPS) is 11.4. The zero-order chi connectivity index (χ0) is 17.2. The fraction of sp³-hybridized carbons (Fsp3) is 0.105. The summed E-state index contributed by atoms with van der Waals surface area (Å²) in [5.41, 5.74) is 1.58. The molecular formula is C19H17NO3S. The first-order valence-corrected chi connectivity index (χ1v) is 9.18. The van der Waals surface area contributed by atoms with Crippen LogP contribution in [0.15, 0.2) is 71.6 Å². The molecule has 3 rings (SSSR count). The first-order chi connectivity index (χ1) is 11.5. The monoisotopic (exact) mass is 339 g/mol. The fourth-order valence-corrected chi connectivity index (χ4v) is 3.66. The maximum Gasteiger partial charge on any atom is 0.239 e. The van der Waals surface area contributed by atoms with Gasteiger partial charge < -0.3 is 5.32 Å². The van der Waals surface area contributed by atoms with Crippen molar-refractivity contribution in [2.75, 3.05) is 11.1 Å². The molecule has 0 saturated heterocycles. The van der Waals surface area contributed by atoms with Crippen LogP contribution in [-0.2, 0) is 14.6 Å². The quantitative estimate of drug-likeness (QED) is 0.790. The summed E-state index contributed by atoms with van der Waals surface area (Å²) in [6, 6.07) is 19.6. The summed E-state index contributed by atoms with van der Waals surface area (Å²) in [4.78, 5) is 12.4. The predicted molar refractivity (Wildman–Crippen MR) is 95.8 cm³/mol. The minimum Gasteiger partial charge on any atom is -0.325 e. The molecule has 1 amide bonds. The van der Waals surface area contributed by atoms with Crippen LogP contribution in [0.1, 0.15) is 5.56 Å². The van der Waals surface area contributed by atoms with Crippen molar-refractivity contribution in [3.05, 3.63) is 72.3 Å². The van der Waals surface area contributed by atoms with Crippen LogP contribution >= 0.6 is 0 Å². The summed E-state index contributed by atoms with van der Waals surface area (Å²) in [6.07, 6.45) is 0. The summed E-state index contributed by atoms with van der Waals surface area (Å²) in [6.45, 7) is 1.88.